The van der Waals surface area contributed by atoms with Gasteiger partial charge < -0.3 is 0 Å². The number of hydrogen-bond donors (Lipinski definition) is 0. The van der Waals surface area contributed by atoms with Crippen LogP contribution in [-0.2, 0) is 0 Å². The highest BCUT2D eigenvalue weighted by molar-refractivity contribution is 5.34. The fourth-order valence-electron chi connectivity index (χ4n) is 4.62. The number of rotatable bonds is 0. The lowest BCUT2D eigenvalue weighted by Gasteiger charge is -2.23. The van der Waals surface area contributed by atoms with Crippen molar-refractivity contribution in [2.75, 3.05) is 0 Å². The quantitative estimate of drug-likeness (QED) is 0.513. The second-order valence-corrected chi connectivity index (χ2v) is 6.84. The Morgan fingerprint density at radius 3 is 2.60 bits per heavy atom. The monoisotopic (exact) mass is 204 g/mol. The van der Waals surface area contributed by atoms with Crippen molar-refractivity contribution in [1.82, 2.24) is 0 Å². The summed E-state index contributed by atoms with van der Waals surface area (Å²) in [5, 5.41) is 0. The van der Waals surface area contributed by atoms with Crippen molar-refractivity contribution in [3.8, 4) is 0 Å². The molecule has 15 heavy (non-hydrogen) atoms. The van der Waals surface area contributed by atoms with Crippen molar-refractivity contribution in [1.29, 1.82) is 0 Å². The zero-order valence-corrected chi connectivity index (χ0v) is 10.6. The maximum Gasteiger partial charge on any atom is -0.0110 e. The largest absolute Gasteiger partial charge is 0.0735 e. The van der Waals surface area contributed by atoms with E-state index in [0.717, 1.165) is 23.7 Å². The van der Waals surface area contributed by atoms with E-state index < -0.39 is 0 Å². The summed E-state index contributed by atoms with van der Waals surface area (Å²) in [5.41, 5.74) is 4.31. The van der Waals surface area contributed by atoms with E-state index in [1.54, 1.807) is 5.57 Å². The van der Waals surface area contributed by atoms with Gasteiger partial charge in [0, 0.05) is 0 Å². The highest BCUT2D eigenvalue weighted by atomic mass is 14.7. The second kappa shape index (κ2) is 2.90. The molecule has 0 bridgehead atoms. The summed E-state index contributed by atoms with van der Waals surface area (Å²) in [5.74, 6) is 3.91. The Morgan fingerprint density at radius 1 is 1.13 bits per heavy atom. The minimum atomic E-state index is 0.638. The minimum Gasteiger partial charge on any atom is -0.0735 e. The normalized spacial score (nSPS) is 47.2. The van der Waals surface area contributed by atoms with Gasteiger partial charge in [0.1, 0.15) is 0 Å². The van der Waals surface area contributed by atoms with Crippen molar-refractivity contribution < 1.29 is 0 Å². The Labute approximate surface area is 94.1 Å². The number of allylic oxidation sites excluding steroid dienone is 2. The summed E-state index contributed by atoms with van der Waals surface area (Å²) in [7, 11) is 0. The predicted octanol–water partition coefficient (Wildman–Crippen LogP) is 4.42. The van der Waals surface area contributed by atoms with Gasteiger partial charge in [-0.2, -0.15) is 0 Å². The van der Waals surface area contributed by atoms with Gasteiger partial charge in [0.15, 0.2) is 0 Å². The molecule has 0 spiro atoms. The first kappa shape index (κ1) is 9.93. The van der Waals surface area contributed by atoms with Crippen LogP contribution in [0.2, 0.25) is 0 Å². The Morgan fingerprint density at radius 2 is 1.87 bits per heavy atom. The van der Waals surface area contributed by atoms with Gasteiger partial charge in [0.2, 0.25) is 0 Å². The van der Waals surface area contributed by atoms with E-state index in [4.69, 9.17) is 0 Å². The van der Waals surface area contributed by atoms with Crippen LogP contribution in [0.1, 0.15) is 53.4 Å². The molecule has 0 N–H and O–H groups in total. The van der Waals surface area contributed by atoms with Gasteiger partial charge in [0.05, 0.1) is 0 Å². The summed E-state index contributed by atoms with van der Waals surface area (Å²) >= 11 is 0. The highest BCUT2D eigenvalue weighted by Crippen LogP contribution is 2.69. The zero-order chi connectivity index (χ0) is 10.8. The number of fused-ring (bicyclic) bond motifs is 3. The Kier molecular flexibility index (Phi) is 1.92. The van der Waals surface area contributed by atoms with Crippen LogP contribution in [0.5, 0.6) is 0 Å². The number of hydrogen-bond acceptors (Lipinski definition) is 0. The molecule has 3 rings (SSSR count). The molecule has 0 heterocycles. The summed E-state index contributed by atoms with van der Waals surface area (Å²) in [4.78, 5) is 0. The molecular weight excluding hydrogens is 180 g/mol. The smallest absolute Gasteiger partial charge is 0.0110 e. The van der Waals surface area contributed by atoms with Gasteiger partial charge in [-0.3, -0.25) is 0 Å². The van der Waals surface area contributed by atoms with Gasteiger partial charge in [0.25, 0.3) is 0 Å². The molecule has 0 aliphatic heterocycles. The minimum absolute atomic E-state index is 0.638. The lowest BCUT2D eigenvalue weighted by atomic mass is 9.82. The molecule has 0 saturated heterocycles. The first-order chi connectivity index (χ1) is 7.03. The van der Waals surface area contributed by atoms with E-state index in [0.29, 0.717) is 5.41 Å². The molecule has 0 nitrogen and oxygen atoms in total. The molecule has 0 aromatic rings. The molecule has 0 amide bonds. The maximum absolute atomic E-state index is 2.49. The van der Waals surface area contributed by atoms with Crippen LogP contribution in [0, 0.1) is 29.1 Å². The van der Waals surface area contributed by atoms with Crippen molar-refractivity contribution in [2.45, 2.75) is 53.4 Å². The Balaban J connectivity index is 2.00. The van der Waals surface area contributed by atoms with Gasteiger partial charge in [-0.05, 0) is 61.7 Å². The highest BCUT2D eigenvalue weighted by Gasteiger charge is 2.61. The SMILES string of the molecule is CC1=C2C(CC1)[C@H](C)CC[C@H]1[C@@H]2C1(C)C. The van der Waals surface area contributed by atoms with Crippen molar-refractivity contribution in [3.05, 3.63) is 11.1 Å². The maximum atomic E-state index is 2.49. The summed E-state index contributed by atoms with van der Waals surface area (Å²) in [6, 6.07) is 0. The first-order valence-electron chi connectivity index (χ1n) is 6.73. The molecule has 2 saturated carbocycles. The molecule has 4 atom stereocenters. The van der Waals surface area contributed by atoms with E-state index >= 15 is 0 Å². The van der Waals surface area contributed by atoms with Crippen LogP contribution in [0.3, 0.4) is 0 Å². The molecule has 3 aliphatic carbocycles. The fourth-order valence-corrected chi connectivity index (χ4v) is 4.62. The van der Waals surface area contributed by atoms with E-state index in [1.165, 1.54) is 25.7 Å². The Bertz CT molecular complexity index is 321. The van der Waals surface area contributed by atoms with Crippen LogP contribution in [0.15, 0.2) is 11.1 Å². The molecule has 0 radical (unpaired) electrons. The van der Waals surface area contributed by atoms with Crippen LogP contribution >= 0.6 is 0 Å². The van der Waals surface area contributed by atoms with Gasteiger partial charge in [-0.25, -0.2) is 0 Å². The van der Waals surface area contributed by atoms with E-state index in [-0.39, 0.29) is 0 Å². The lowest BCUT2D eigenvalue weighted by molar-refractivity contribution is 0.351. The molecule has 0 heteroatoms. The zero-order valence-electron chi connectivity index (χ0n) is 10.6. The van der Waals surface area contributed by atoms with Crippen LogP contribution < -0.4 is 0 Å². The summed E-state index contributed by atoms with van der Waals surface area (Å²) in [6.07, 6.45) is 5.82. The average molecular weight is 204 g/mol. The van der Waals surface area contributed by atoms with E-state index in [2.05, 4.69) is 27.7 Å². The third-order valence-corrected chi connectivity index (χ3v) is 5.73. The van der Waals surface area contributed by atoms with E-state index in [9.17, 15) is 0 Å². The fraction of sp³-hybridized carbons (Fsp3) is 0.867. The molecule has 1 unspecified atom stereocenters. The van der Waals surface area contributed by atoms with Crippen molar-refractivity contribution in [2.24, 2.45) is 29.1 Å². The molecule has 3 aliphatic rings. The van der Waals surface area contributed by atoms with Gasteiger partial charge in [-0.15, -0.1) is 0 Å². The second-order valence-electron chi connectivity index (χ2n) is 6.84. The van der Waals surface area contributed by atoms with Gasteiger partial charge in [-0.1, -0.05) is 31.9 Å². The van der Waals surface area contributed by atoms with Crippen LogP contribution in [0.4, 0.5) is 0 Å². The van der Waals surface area contributed by atoms with Gasteiger partial charge >= 0.3 is 0 Å². The molecule has 84 valence electrons. The van der Waals surface area contributed by atoms with Crippen LogP contribution in [0.25, 0.3) is 0 Å². The Hall–Kier alpha value is -0.260. The standard InChI is InChI=1S/C15H24/c1-9-6-8-12-14(15(12,3)4)13-10(2)5-7-11(9)13/h9,11-12,14H,5-8H2,1-4H3/t9-,11?,12+,14+/m1/s1. The first-order valence-corrected chi connectivity index (χ1v) is 6.73. The third-order valence-electron chi connectivity index (χ3n) is 5.73. The summed E-state index contributed by atoms with van der Waals surface area (Å²) < 4.78 is 0. The average Bonchev–Trinajstić information content (AvgIpc) is 2.55. The van der Waals surface area contributed by atoms with E-state index in [1.807, 2.05) is 5.57 Å². The molecule has 0 aromatic carbocycles. The van der Waals surface area contributed by atoms with Crippen LogP contribution in [-0.4, -0.2) is 0 Å². The summed E-state index contributed by atoms with van der Waals surface area (Å²) in [6.45, 7) is 9.88. The van der Waals surface area contributed by atoms with Crippen molar-refractivity contribution >= 4 is 0 Å². The third kappa shape index (κ3) is 1.20. The molecule has 2 fully saturated rings. The predicted molar refractivity (Wildman–Crippen MR) is 64.6 cm³/mol. The van der Waals surface area contributed by atoms with Crippen molar-refractivity contribution in [3.63, 3.8) is 0 Å². The topological polar surface area (TPSA) is 0 Å². The molecular formula is C15H24. The lowest BCUT2D eigenvalue weighted by Crippen LogP contribution is -2.13. The molecule has 0 aromatic heterocycles.